The Balaban J connectivity index is 1.46. The molecule has 4 nitrogen and oxygen atoms in total. The summed E-state index contributed by atoms with van der Waals surface area (Å²) in [7, 11) is 0. The van der Waals surface area contributed by atoms with Crippen molar-refractivity contribution in [2.24, 2.45) is 0 Å². The van der Waals surface area contributed by atoms with Crippen LogP contribution in [0.2, 0.25) is 0 Å². The second-order valence-corrected chi connectivity index (χ2v) is 6.80. The molecule has 1 atom stereocenters. The molecule has 2 aliphatic heterocycles. The summed E-state index contributed by atoms with van der Waals surface area (Å²) in [6.45, 7) is 5.20. The molecule has 1 N–H and O–H groups in total. The van der Waals surface area contributed by atoms with Crippen LogP contribution >= 0.6 is 0 Å². The number of carbonyl (C=O) groups is 1. The van der Waals surface area contributed by atoms with E-state index in [0.717, 1.165) is 31.3 Å². The van der Waals surface area contributed by atoms with E-state index in [1.807, 2.05) is 0 Å². The van der Waals surface area contributed by atoms with Crippen LogP contribution in [-0.2, 0) is 4.79 Å². The molecule has 0 saturated carbocycles. The molecule has 132 valence electrons. The van der Waals surface area contributed by atoms with E-state index in [1.165, 1.54) is 38.8 Å². The first kappa shape index (κ1) is 17.3. The van der Waals surface area contributed by atoms with Crippen LogP contribution in [0.25, 0.3) is 0 Å². The predicted octanol–water partition coefficient (Wildman–Crippen LogP) is 2.85. The van der Waals surface area contributed by atoms with Crippen molar-refractivity contribution >= 4 is 11.6 Å². The molecule has 1 amide bonds. The van der Waals surface area contributed by atoms with E-state index in [2.05, 4.69) is 15.1 Å². The molecular weight excluding hydrogens is 312 g/mol. The summed E-state index contributed by atoms with van der Waals surface area (Å²) in [4.78, 5) is 16.9. The van der Waals surface area contributed by atoms with E-state index in [-0.39, 0.29) is 11.6 Å². The summed E-state index contributed by atoms with van der Waals surface area (Å²) in [5.74, 6) is -1.57. The van der Waals surface area contributed by atoms with Gasteiger partial charge in [-0.2, -0.15) is 0 Å². The van der Waals surface area contributed by atoms with Crippen molar-refractivity contribution in [2.45, 2.75) is 38.1 Å². The molecule has 2 heterocycles. The van der Waals surface area contributed by atoms with E-state index in [1.54, 1.807) is 0 Å². The molecule has 2 fully saturated rings. The van der Waals surface area contributed by atoms with Crippen molar-refractivity contribution in [3.05, 3.63) is 29.8 Å². The minimum atomic E-state index is -0.685. The average molecular weight is 337 g/mol. The third-order valence-electron chi connectivity index (χ3n) is 4.94. The molecule has 1 aromatic carbocycles. The number of rotatable bonds is 6. The highest BCUT2D eigenvalue weighted by Gasteiger charge is 2.27. The van der Waals surface area contributed by atoms with Gasteiger partial charge in [-0.05, 0) is 57.5 Å². The summed E-state index contributed by atoms with van der Waals surface area (Å²) < 4.78 is 26.3. The second kappa shape index (κ2) is 8.03. The van der Waals surface area contributed by atoms with Gasteiger partial charge in [0.25, 0.3) is 0 Å². The Morgan fingerprint density at radius 3 is 2.50 bits per heavy atom. The zero-order valence-electron chi connectivity index (χ0n) is 13.9. The summed E-state index contributed by atoms with van der Waals surface area (Å²) in [5.41, 5.74) is 0.174. The summed E-state index contributed by atoms with van der Waals surface area (Å²) in [5, 5.41) is 2.58. The lowest BCUT2D eigenvalue weighted by molar-refractivity contribution is -0.116. The fraction of sp³-hybridized carbons (Fsp3) is 0.611. The molecule has 1 unspecified atom stereocenters. The third-order valence-corrected chi connectivity index (χ3v) is 4.94. The Morgan fingerprint density at radius 2 is 1.79 bits per heavy atom. The van der Waals surface area contributed by atoms with Crippen LogP contribution in [0.3, 0.4) is 0 Å². The SMILES string of the molecule is O=C(CCN1CCCC1CN1CCCC1)Nc1cc(F)cc(F)c1. The van der Waals surface area contributed by atoms with Gasteiger partial charge in [-0.3, -0.25) is 9.69 Å². The first-order valence-electron chi connectivity index (χ1n) is 8.82. The number of anilines is 1. The van der Waals surface area contributed by atoms with Crippen molar-refractivity contribution in [1.29, 1.82) is 0 Å². The van der Waals surface area contributed by atoms with Gasteiger partial charge in [-0.15, -0.1) is 0 Å². The minimum absolute atomic E-state index is 0.174. The van der Waals surface area contributed by atoms with Gasteiger partial charge in [0, 0.05) is 37.3 Å². The number of carbonyl (C=O) groups excluding carboxylic acids is 1. The lowest BCUT2D eigenvalue weighted by atomic mass is 10.2. The molecular formula is C18H25F2N3O. The van der Waals surface area contributed by atoms with E-state index in [0.29, 0.717) is 19.0 Å². The normalized spacial score (nSPS) is 22.2. The standard InChI is InChI=1S/C18H25F2N3O/c19-14-10-15(20)12-16(11-14)21-18(24)5-9-23-8-3-4-17(23)13-22-6-1-2-7-22/h10-12,17H,1-9,13H2,(H,21,24). The zero-order chi connectivity index (χ0) is 16.9. The number of halogens is 2. The largest absolute Gasteiger partial charge is 0.326 e. The van der Waals surface area contributed by atoms with Crippen LogP contribution < -0.4 is 5.32 Å². The first-order chi connectivity index (χ1) is 11.6. The average Bonchev–Trinajstić information content (AvgIpc) is 3.16. The van der Waals surface area contributed by atoms with Crippen molar-refractivity contribution in [3.63, 3.8) is 0 Å². The van der Waals surface area contributed by atoms with E-state index >= 15 is 0 Å². The number of hydrogen-bond acceptors (Lipinski definition) is 3. The van der Waals surface area contributed by atoms with Gasteiger partial charge >= 0.3 is 0 Å². The van der Waals surface area contributed by atoms with Crippen LogP contribution in [0.5, 0.6) is 0 Å². The second-order valence-electron chi connectivity index (χ2n) is 6.80. The van der Waals surface area contributed by atoms with Crippen molar-refractivity contribution in [3.8, 4) is 0 Å². The van der Waals surface area contributed by atoms with Crippen LogP contribution in [0.4, 0.5) is 14.5 Å². The highest BCUT2D eigenvalue weighted by molar-refractivity contribution is 5.90. The molecule has 24 heavy (non-hydrogen) atoms. The Hall–Kier alpha value is -1.53. The summed E-state index contributed by atoms with van der Waals surface area (Å²) in [6.07, 6.45) is 5.29. The van der Waals surface area contributed by atoms with Gasteiger partial charge in [0.15, 0.2) is 0 Å². The van der Waals surface area contributed by atoms with Crippen LogP contribution in [-0.4, -0.2) is 54.5 Å². The van der Waals surface area contributed by atoms with Gasteiger partial charge in [0.05, 0.1) is 0 Å². The Labute approximate surface area is 141 Å². The van der Waals surface area contributed by atoms with E-state index in [9.17, 15) is 13.6 Å². The first-order valence-corrected chi connectivity index (χ1v) is 8.82. The highest BCUT2D eigenvalue weighted by Crippen LogP contribution is 2.21. The summed E-state index contributed by atoms with van der Waals surface area (Å²) >= 11 is 0. The summed E-state index contributed by atoms with van der Waals surface area (Å²) in [6, 6.07) is 3.59. The number of nitrogens with zero attached hydrogens (tertiary/aromatic N) is 2. The van der Waals surface area contributed by atoms with Crippen LogP contribution in [0.1, 0.15) is 32.1 Å². The minimum Gasteiger partial charge on any atom is -0.326 e. The van der Waals surface area contributed by atoms with Gasteiger partial charge in [0.1, 0.15) is 11.6 Å². The van der Waals surface area contributed by atoms with Crippen LogP contribution in [0.15, 0.2) is 18.2 Å². The van der Waals surface area contributed by atoms with Gasteiger partial charge in [-0.25, -0.2) is 8.78 Å². The predicted molar refractivity (Wildman–Crippen MR) is 89.9 cm³/mol. The maximum atomic E-state index is 13.2. The monoisotopic (exact) mass is 337 g/mol. The topological polar surface area (TPSA) is 35.6 Å². The lowest BCUT2D eigenvalue weighted by Crippen LogP contribution is -2.40. The van der Waals surface area contributed by atoms with Gasteiger partial charge in [-0.1, -0.05) is 0 Å². The number of nitrogens with one attached hydrogen (secondary N) is 1. The van der Waals surface area contributed by atoms with Gasteiger partial charge in [0.2, 0.25) is 5.91 Å². The number of benzene rings is 1. The zero-order valence-corrected chi connectivity index (χ0v) is 13.9. The molecule has 6 heteroatoms. The smallest absolute Gasteiger partial charge is 0.225 e. The maximum Gasteiger partial charge on any atom is 0.225 e. The van der Waals surface area contributed by atoms with Crippen molar-refractivity contribution in [1.82, 2.24) is 9.80 Å². The Morgan fingerprint density at radius 1 is 1.08 bits per heavy atom. The molecule has 0 spiro atoms. The molecule has 0 aromatic heterocycles. The molecule has 2 saturated heterocycles. The fourth-order valence-corrected chi connectivity index (χ4v) is 3.75. The fourth-order valence-electron chi connectivity index (χ4n) is 3.75. The molecule has 1 aromatic rings. The lowest BCUT2D eigenvalue weighted by Gasteiger charge is -2.28. The van der Waals surface area contributed by atoms with Gasteiger partial charge < -0.3 is 10.2 Å². The van der Waals surface area contributed by atoms with E-state index in [4.69, 9.17) is 0 Å². The third kappa shape index (κ3) is 4.74. The quantitative estimate of drug-likeness (QED) is 0.867. The molecule has 0 radical (unpaired) electrons. The Bertz CT molecular complexity index is 555. The number of hydrogen-bond donors (Lipinski definition) is 1. The number of amides is 1. The van der Waals surface area contributed by atoms with Crippen molar-refractivity contribution < 1.29 is 13.6 Å². The van der Waals surface area contributed by atoms with Crippen LogP contribution in [0, 0.1) is 11.6 Å². The maximum absolute atomic E-state index is 13.2. The highest BCUT2D eigenvalue weighted by atomic mass is 19.1. The molecule has 0 aliphatic carbocycles. The number of likely N-dealkylation sites (tertiary alicyclic amines) is 2. The molecule has 2 aliphatic rings. The van der Waals surface area contributed by atoms with Crippen molar-refractivity contribution in [2.75, 3.05) is 38.0 Å². The molecule has 3 rings (SSSR count). The van der Waals surface area contributed by atoms with E-state index < -0.39 is 11.6 Å². The molecule has 0 bridgehead atoms. The Kier molecular flexibility index (Phi) is 5.79.